The lowest BCUT2D eigenvalue weighted by molar-refractivity contribution is 0.000502. The predicted octanol–water partition coefficient (Wildman–Crippen LogP) is 3.06. The Morgan fingerprint density at radius 2 is 2.16 bits per heavy atom. The smallest absolute Gasteiger partial charge is 0.223 e. The maximum atomic E-state index is 11.9. The fourth-order valence-corrected chi connectivity index (χ4v) is 1.74. The molecule has 2 aromatic rings. The van der Waals surface area contributed by atoms with E-state index in [4.69, 9.17) is 13.9 Å². The van der Waals surface area contributed by atoms with E-state index >= 15 is 0 Å². The standard InChI is InChI=1S/C15H18O4/c1-3-17-9-11(2)18-10-13(16)15-8-12-6-4-5-7-14(12)19-15/h4-8,11H,3,9-10H2,1-2H3. The topological polar surface area (TPSA) is 48.7 Å². The van der Waals surface area contributed by atoms with Gasteiger partial charge in [0.15, 0.2) is 5.76 Å². The molecule has 102 valence electrons. The molecule has 0 aliphatic heterocycles. The SMILES string of the molecule is CCOCC(C)OCC(=O)c1cc2ccccc2o1. The molecule has 4 heteroatoms. The van der Waals surface area contributed by atoms with E-state index in [0.29, 0.717) is 24.6 Å². The molecule has 0 saturated carbocycles. The number of carbonyl (C=O) groups excluding carboxylic acids is 1. The molecule has 0 N–H and O–H groups in total. The van der Waals surface area contributed by atoms with Crippen LogP contribution in [-0.2, 0) is 9.47 Å². The molecule has 1 heterocycles. The van der Waals surface area contributed by atoms with Gasteiger partial charge in [0.25, 0.3) is 0 Å². The van der Waals surface area contributed by atoms with Gasteiger partial charge in [0.1, 0.15) is 12.2 Å². The number of Topliss-reactive ketones (excluding diaryl/α,β-unsaturated/α-hetero) is 1. The molecule has 0 aliphatic carbocycles. The highest BCUT2D eigenvalue weighted by Gasteiger charge is 2.13. The molecule has 0 bridgehead atoms. The fourth-order valence-electron chi connectivity index (χ4n) is 1.74. The van der Waals surface area contributed by atoms with Crippen LogP contribution in [0.25, 0.3) is 11.0 Å². The highest BCUT2D eigenvalue weighted by Crippen LogP contribution is 2.19. The monoisotopic (exact) mass is 262 g/mol. The van der Waals surface area contributed by atoms with Crippen LogP contribution in [0.4, 0.5) is 0 Å². The van der Waals surface area contributed by atoms with Crippen molar-refractivity contribution in [3.63, 3.8) is 0 Å². The second kappa shape index (κ2) is 6.50. The first-order valence-electron chi connectivity index (χ1n) is 6.42. The first-order chi connectivity index (χ1) is 9.20. The van der Waals surface area contributed by atoms with Crippen LogP contribution in [0.3, 0.4) is 0 Å². The second-order valence-corrected chi connectivity index (χ2v) is 4.35. The molecule has 4 nitrogen and oxygen atoms in total. The highest BCUT2D eigenvalue weighted by atomic mass is 16.5. The van der Waals surface area contributed by atoms with Gasteiger partial charge >= 0.3 is 0 Å². The fraction of sp³-hybridized carbons (Fsp3) is 0.400. The lowest BCUT2D eigenvalue weighted by Crippen LogP contribution is -2.20. The molecule has 0 amide bonds. The normalized spacial score (nSPS) is 12.7. The van der Waals surface area contributed by atoms with Gasteiger partial charge in [0, 0.05) is 12.0 Å². The average molecular weight is 262 g/mol. The van der Waals surface area contributed by atoms with E-state index in [0.717, 1.165) is 5.39 Å². The molecule has 0 fully saturated rings. The van der Waals surface area contributed by atoms with Gasteiger partial charge in [-0.1, -0.05) is 18.2 Å². The third-order valence-electron chi connectivity index (χ3n) is 2.76. The Hall–Kier alpha value is -1.65. The number of fused-ring (bicyclic) bond motifs is 1. The molecular formula is C15H18O4. The number of ether oxygens (including phenoxy) is 2. The Morgan fingerprint density at radius 3 is 2.89 bits per heavy atom. The molecule has 1 unspecified atom stereocenters. The number of furan rings is 1. The summed E-state index contributed by atoms with van der Waals surface area (Å²) >= 11 is 0. The number of para-hydroxylation sites is 1. The van der Waals surface area contributed by atoms with Crippen LogP contribution >= 0.6 is 0 Å². The first kappa shape index (κ1) is 13.8. The number of hydrogen-bond donors (Lipinski definition) is 0. The Balaban J connectivity index is 1.92. The average Bonchev–Trinajstić information content (AvgIpc) is 2.86. The van der Waals surface area contributed by atoms with E-state index in [2.05, 4.69) is 0 Å². The summed E-state index contributed by atoms with van der Waals surface area (Å²) in [5.41, 5.74) is 0.716. The van der Waals surface area contributed by atoms with E-state index in [1.165, 1.54) is 0 Å². The minimum Gasteiger partial charge on any atom is -0.453 e. The summed E-state index contributed by atoms with van der Waals surface area (Å²) in [6.45, 7) is 4.94. The lowest BCUT2D eigenvalue weighted by Gasteiger charge is -2.11. The van der Waals surface area contributed by atoms with E-state index in [1.807, 2.05) is 38.1 Å². The predicted molar refractivity (Wildman–Crippen MR) is 72.5 cm³/mol. The molecule has 2 rings (SSSR count). The van der Waals surface area contributed by atoms with Gasteiger partial charge in [-0.25, -0.2) is 0 Å². The molecule has 0 saturated heterocycles. The molecular weight excluding hydrogens is 244 g/mol. The van der Waals surface area contributed by atoms with Crippen molar-refractivity contribution in [2.45, 2.75) is 20.0 Å². The van der Waals surface area contributed by atoms with E-state index in [-0.39, 0.29) is 18.5 Å². The van der Waals surface area contributed by atoms with Crippen molar-refractivity contribution in [3.8, 4) is 0 Å². The maximum absolute atomic E-state index is 11.9. The van der Waals surface area contributed by atoms with Gasteiger partial charge in [-0.3, -0.25) is 4.79 Å². The van der Waals surface area contributed by atoms with Crippen molar-refractivity contribution in [1.29, 1.82) is 0 Å². The summed E-state index contributed by atoms with van der Waals surface area (Å²) in [5, 5.41) is 0.924. The van der Waals surface area contributed by atoms with Gasteiger partial charge in [0.05, 0.1) is 12.7 Å². The van der Waals surface area contributed by atoms with E-state index in [1.54, 1.807) is 6.07 Å². The number of benzene rings is 1. The van der Waals surface area contributed by atoms with Crippen LogP contribution in [0, 0.1) is 0 Å². The van der Waals surface area contributed by atoms with Gasteiger partial charge in [-0.15, -0.1) is 0 Å². The summed E-state index contributed by atoms with van der Waals surface area (Å²) in [6, 6.07) is 9.28. The van der Waals surface area contributed by atoms with Crippen molar-refractivity contribution in [2.75, 3.05) is 19.8 Å². The summed E-state index contributed by atoms with van der Waals surface area (Å²) in [4.78, 5) is 11.9. The van der Waals surface area contributed by atoms with Crippen molar-refractivity contribution in [2.24, 2.45) is 0 Å². The number of ketones is 1. The number of carbonyl (C=O) groups is 1. The summed E-state index contributed by atoms with van der Waals surface area (Å²) < 4.78 is 16.1. The quantitative estimate of drug-likeness (QED) is 0.719. The van der Waals surface area contributed by atoms with Crippen LogP contribution in [0.5, 0.6) is 0 Å². The van der Waals surface area contributed by atoms with Crippen molar-refractivity contribution >= 4 is 16.8 Å². The Kier molecular flexibility index (Phi) is 4.71. The molecule has 1 atom stereocenters. The number of rotatable bonds is 7. The molecule has 0 aliphatic rings. The van der Waals surface area contributed by atoms with Crippen molar-refractivity contribution in [1.82, 2.24) is 0 Å². The van der Waals surface area contributed by atoms with Crippen molar-refractivity contribution < 1.29 is 18.7 Å². The molecule has 1 aromatic carbocycles. The Morgan fingerprint density at radius 1 is 1.37 bits per heavy atom. The Bertz CT molecular complexity index is 511. The summed E-state index contributed by atoms with van der Waals surface area (Å²) in [5.74, 6) is 0.185. The van der Waals surface area contributed by atoms with Crippen LogP contribution in [0.1, 0.15) is 24.4 Å². The van der Waals surface area contributed by atoms with Crippen LogP contribution in [0.2, 0.25) is 0 Å². The summed E-state index contributed by atoms with van der Waals surface area (Å²) in [6.07, 6.45) is -0.103. The molecule has 0 radical (unpaired) electrons. The largest absolute Gasteiger partial charge is 0.453 e. The number of hydrogen-bond acceptors (Lipinski definition) is 4. The van der Waals surface area contributed by atoms with Crippen molar-refractivity contribution in [3.05, 3.63) is 36.1 Å². The van der Waals surface area contributed by atoms with Gasteiger partial charge < -0.3 is 13.9 Å². The van der Waals surface area contributed by atoms with E-state index < -0.39 is 0 Å². The van der Waals surface area contributed by atoms with Gasteiger partial charge in [-0.05, 0) is 26.0 Å². The Labute approximate surface area is 112 Å². The minimum absolute atomic E-state index is 0.00800. The van der Waals surface area contributed by atoms with Crippen LogP contribution in [-0.4, -0.2) is 31.7 Å². The highest BCUT2D eigenvalue weighted by molar-refractivity contribution is 5.98. The first-order valence-corrected chi connectivity index (χ1v) is 6.42. The zero-order chi connectivity index (χ0) is 13.7. The zero-order valence-corrected chi connectivity index (χ0v) is 11.2. The van der Waals surface area contributed by atoms with Gasteiger partial charge in [-0.2, -0.15) is 0 Å². The second-order valence-electron chi connectivity index (χ2n) is 4.35. The molecule has 1 aromatic heterocycles. The zero-order valence-electron chi connectivity index (χ0n) is 11.2. The van der Waals surface area contributed by atoms with E-state index in [9.17, 15) is 4.79 Å². The van der Waals surface area contributed by atoms with Crippen LogP contribution < -0.4 is 0 Å². The summed E-state index contributed by atoms with van der Waals surface area (Å²) in [7, 11) is 0. The lowest BCUT2D eigenvalue weighted by atomic mass is 10.2. The van der Waals surface area contributed by atoms with Gasteiger partial charge in [0.2, 0.25) is 5.78 Å². The maximum Gasteiger partial charge on any atom is 0.223 e. The minimum atomic E-state index is -0.153. The third kappa shape index (κ3) is 3.66. The van der Waals surface area contributed by atoms with Crippen LogP contribution in [0.15, 0.2) is 34.7 Å². The third-order valence-corrected chi connectivity index (χ3v) is 2.76. The molecule has 19 heavy (non-hydrogen) atoms. The molecule has 0 spiro atoms.